The number of carbonyl (C=O) groups excluding carboxylic acids is 6. The van der Waals surface area contributed by atoms with Crippen LogP contribution in [0.2, 0.25) is 0 Å². The van der Waals surface area contributed by atoms with Crippen LogP contribution in [0.3, 0.4) is 0 Å². The van der Waals surface area contributed by atoms with Crippen LogP contribution in [0, 0.1) is 5.92 Å². The van der Waals surface area contributed by atoms with Crippen LogP contribution in [0.1, 0.15) is 78.2 Å². The highest BCUT2D eigenvalue weighted by Gasteiger charge is 2.28. The number of ether oxygens (including phenoxy) is 4. The van der Waals surface area contributed by atoms with Gasteiger partial charge in [-0.15, -0.1) is 0 Å². The lowest BCUT2D eigenvalue weighted by Crippen LogP contribution is -2.54. The largest absolute Gasteiger partial charge is 0.461 e. The standard InChI is InChI=1S/C35H57N5O10/c1-6-9-30(42)37-18-21-48-20-16-32(44)40-33(25(2)3)35(46)39-29(10-7-8-17-36-31(43)15-19-49-23-22-47-5)34(45)38-28-13-11-27(12-14-28)24-50-26(4)41/h11-14,25,29,33H,6-10,15-24H2,1-5H3,(H,36,43)(H,37,42)(H,38,45)(H,39,46)(H,40,44)/t29-,33-/m0/s1. The predicted octanol–water partition coefficient (Wildman–Crippen LogP) is 1.98. The van der Waals surface area contributed by atoms with Crippen LogP contribution in [0.15, 0.2) is 24.3 Å². The van der Waals surface area contributed by atoms with E-state index >= 15 is 0 Å². The van der Waals surface area contributed by atoms with E-state index in [1.54, 1.807) is 45.2 Å². The van der Waals surface area contributed by atoms with E-state index in [9.17, 15) is 28.8 Å². The van der Waals surface area contributed by atoms with Crippen molar-refractivity contribution in [2.75, 3.05) is 58.6 Å². The van der Waals surface area contributed by atoms with Gasteiger partial charge in [0, 0.05) is 52.1 Å². The Hall–Kier alpha value is -4.08. The number of methoxy groups -OCH3 is 1. The Labute approximate surface area is 295 Å². The van der Waals surface area contributed by atoms with Gasteiger partial charge in [-0.05, 0) is 49.3 Å². The molecule has 1 aromatic rings. The topological polar surface area (TPSA) is 199 Å². The number of nitrogens with one attached hydrogen (secondary N) is 5. The molecule has 15 nitrogen and oxygen atoms in total. The van der Waals surface area contributed by atoms with Gasteiger partial charge in [0.15, 0.2) is 0 Å². The number of anilines is 1. The van der Waals surface area contributed by atoms with Crippen molar-refractivity contribution in [3.8, 4) is 0 Å². The quantitative estimate of drug-likeness (QED) is 0.0666. The first kappa shape index (κ1) is 43.9. The van der Waals surface area contributed by atoms with Gasteiger partial charge >= 0.3 is 5.97 Å². The van der Waals surface area contributed by atoms with Gasteiger partial charge in [-0.3, -0.25) is 28.8 Å². The molecule has 0 spiro atoms. The minimum atomic E-state index is -0.933. The molecule has 2 atom stereocenters. The third-order valence-corrected chi connectivity index (χ3v) is 7.23. The Balaban J connectivity index is 2.76. The van der Waals surface area contributed by atoms with Gasteiger partial charge in [0.2, 0.25) is 29.5 Å². The second-order valence-corrected chi connectivity index (χ2v) is 12.0. The van der Waals surface area contributed by atoms with Crippen molar-refractivity contribution >= 4 is 41.2 Å². The average Bonchev–Trinajstić information content (AvgIpc) is 3.07. The van der Waals surface area contributed by atoms with E-state index in [1.807, 2.05) is 6.92 Å². The van der Waals surface area contributed by atoms with Gasteiger partial charge in [-0.25, -0.2) is 0 Å². The monoisotopic (exact) mass is 707 g/mol. The number of unbranched alkanes of at least 4 members (excludes halogenated alkanes) is 1. The third-order valence-electron chi connectivity index (χ3n) is 7.23. The molecule has 1 aromatic carbocycles. The molecule has 0 radical (unpaired) electrons. The molecule has 5 N–H and O–H groups in total. The smallest absolute Gasteiger partial charge is 0.302 e. The summed E-state index contributed by atoms with van der Waals surface area (Å²) in [6.07, 6.45) is 2.79. The zero-order valence-electron chi connectivity index (χ0n) is 30.2. The van der Waals surface area contributed by atoms with E-state index < -0.39 is 29.9 Å². The van der Waals surface area contributed by atoms with Crippen LogP contribution in [-0.4, -0.2) is 101 Å². The molecule has 0 bridgehead atoms. The summed E-state index contributed by atoms with van der Waals surface area (Å²) in [7, 11) is 1.57. The molecule has 0 saturated heterocycles. The molecule has 1 rings (SSSR count). The lowest BCUT2D eigenvalue weighted by Gasteiger charge is -2.25. The van der Waals surface area contributed by atoms with Crippen LogP contribution in [0.4, 0.5) is 5.69 Å². The third kappa shape index (κ3) is 21.1. The van der Waals surface area contributed by atoms with Crippen LogP contribution < -0.4 is 26.6 Å². The second kappa shape index (κ2) is 26.7. The Bertz CT molecular complexity index is 1180. The Morgan fingerprint density at radius 3 is 2.00 bits per heavy atom. The molecular weight excluding hydrogens is 650 g/mol. The highest BCUT2D eigenvalue weighted by atomic mass is 16.5. The van der Waals surface area contributed by atoms with E-state index in [0.29, 0.717) is 51.3 Å². The highest BCUT2D eigenvalue weighted by Crippen LogP contribution is 2.13. The number of carbonyl (C=O) groups is 6. The van der Waals surface area contributed by atoms with E-state index in [0.717, 1.165) is 12.0 Å². The van der Waals surface area contributed by atoms with Gasteiger partial charge in [0.25, 0.3) is 0 Å². The SMILES string of the molecule is CCCC(=O)NCCOCCC(=O)N[C@H](C(=O)N[C@@H](CCCCNC(=O)CCOCCOC)C(=O)Nc1ccc(COC(C)=O)cc1)C(C)C. The highest BCUT2D eigenvalue weighted by molar-refractivity contribution is 5.98. The van der Waals surface area contributed by atoms with Crippen LogP contribution >= 0.6 is 0 Å². The minimum Gasteiger partial charge on any atom is -0.461 e. The predicted molar refractivity (Wildman–Crippen MR) is 187 cm³/mol. The number of rotatable bonds is 27. The van der Waals surface area contributed by atoms with Crippen molar-refractivity contribution < 1.29 is 47.7 Å². The molecule has 5 amide bonds. The summed E-state index contributed by atoms with van der Waals surface area (Å²) >= 11 is 0. The molecular formula is C35H57N5O10. The number of hydrogen-bond acceptors (Lipinski definition) is 10. The van der Waals surface area contributed by atoms with Crippen molar-refractivity contribution in [1.29, 1.82) is 0 Å². The van der Waals surface area contributed by atoms with Crippen LogP contribution in [-0.2, 0) is 54.3 Å². The maximum atomic E-state index is 13.4. The summed E-state index contributed by atoms with van der Waals surface area (Å²) in [6, 6.07) is 4.93. The number of benzene rings is 1. The molecule has 0 aromatic heterocycles. The van der Waals surface area contributed by atoms with Gasteiger partial charge in [-0.2, -0.15) is 0 Å². The summed E-state index contributed by atoms with van der Waals surface area (Å²) in [5, 5.41) is 13.9. The summed E-state index contributed by atoms with van der Waals surface area (Å²) in [4.78, 5) is 74.3. The van der Waals surface area contributed by atoms with E-state index in [4.69, 9.17) is 18.9 Å². The van der Waals surface area contributed by atoms with Gasteiger partial charge in [-0.1, -0.05) is 32.9 Å². The van der Waals surface area contributed by atoms with Crippen LogP contribution in [0.5, 0.6) is 0 Å². The maximum absolute atomic E-state index is 13.4. The van der Waals surface area contributed by atoms with Crippen molar-refractivity contribution in [3.63, 3.8) is 0 Å². The fourth-order valence-electron chi connectivity index (χ4n) is 4.45. The summed E-state index contributed by atoms with van der Waals surface area (Å²) in [6.45, 7) is 9.18. The van der Waals surface area contributed by atoms with Gasteiger partial charge < -0.3 is 45.5 Å². The lowest BCUT2D eigenvalue weighted by atomic mass is 10.0. The molecule has 0 aliphatic heterocycles. The van der Waals surface area contributed by atoms with Crippen molar-refractivity contribution in [2.24, 2.45) is 5.92 Å². The van der Waals surface area contributed by atoms with Gasteiger partial charge in [0.05, 0.1) is 33.0 Å². The van der Waals surface area contributed by atoms with Crippen molar-refractivity contribution in [1.82, 2.24) is 21.3 Å². The Morgan fingerprint density at radius 1 is 0.720 bits per heavy atom. The van der Waals surface area contributed by atoms with E-state index in [-0.39, 0.29) is 69.3 Å². The van der Waals surface area contributed by atoms with Crippen molar-refractivity contribution in [3.05, 3.63) is 29.8 Å². The van der Waals surface area contributed by atoms with E-state index in [2.05, 4.69) is 26.6 Å². The first-order valence-electron chi connectivity index (χ1n) is 17.3. The normalized spacial score (nSPS) is 12.0. The Morgan fingerprint density at radius 2 is 1.36 bits per heavy atom. The molecule has 0 saturated carbocycles. The average molecular weight is 708 g/mol. The fraction of sp³-hybridized carbons (Fsp3) is 0.657. The summed E-state index contributed by atoms with van der Waals surface area (Å²) in [5.74, 6) is -2.23. The first-order chi connectivity index (χ1) is 24.0. The van der Waals surface area contributed by atoms with Gasteiger partial charge in [0.1, 0.15) is 18.7 Å². The lowest BCUT2D eigenvalue weighted by molar-refractivity contribution is -0.142. The maximum Gasteiger partial charge on any atom is 0.302 e. The summed E-state index contributed by atoms with van der Waals surface area (Å²) < 4.78 is 20.7. The molecule has 15 heteroatoms. The number of amides is 5. The molecule has 0 fully saturated rings. The molecule has 0 unspecified atom stereocenters. The zero-order valence-corrected chi connectivity index (χ0v) is 30.2. The zero-order chi connectivity index (χ0) is 37.1. The van der Waals surface area contributed by atoms with Crippen LogP contribution in [0.25, 0.3) is 0 Å². The number of esters is 1. The molecule has 0 aliphatic rings. The minimum absolute atomic E-state index is 0.0156. The molecule has 0 heterocycles. The fourth-order valence-corrected chi connectivity index (χ4v) is 4.45. The van der Waals surface area contributed by atoms with E-state index in [1.165, 1.54) is 6.92 Å². The first-order valence-corrected chi connectivity index (χ1v) is 17.3. The Kier molecular flexibility index (Phi) is 23.5. The molecule has 282 valence electrons. The molecule has 50 heavy (non-hydrogen) atoms. The molecule has 0 aliphatic carbocycles. The number of hydrogen-bond donors (Lipinski definition) is 5. The second-order valence-electron chi connectivity index (χ2n) is 12.0. The summed E-state index contributed by atoms with van der Waals surface area (Å²) in [5.41, 5.74) is 1.23. The van der Waals surface area contributed by atoms with Crippen molar-refractivity contribution in [2.45, 2.75) is 91.3 Å².